The first-order valence-corrected chi connectivity index (χ1v) is 8.98. The molecule has 3 rings (SSSR count). The molecule has 0 radical (unpaired) electrons. The van der Waals surface area contributed by atoms with E-state index in [0.29, 0.717) is 5.69 Å². The normalized spacial score (nSPS) is 11.8. The molecule has 0 fully saturated rings. The SMILES string of the molecule is Cc1nc2ccc(NC(=O)[C@H](C)NC(=O)OCc3ccccc3)cc2s1. The molecule has 2 N–H and O–H groups in total. The van der Waals surface area contributed by atoms with Crippen LogP contribution in [0.5, 0.6) is 0 Å². The van der Waals surface area contributed by atoms with Crippen LogP contribution in [0.15, 0.2) is 48.5 Å². The molecule has 1 aromatic heterocycles. The van der Waals surface area contributed by atoms with Crippen LogP contribution in [0.25, 0.3) is 10.2 Å². The minimum atomic E-state index is -0.725. The molecule has 2 amide bonds. The molecule has 0 saturated heterocycles. The van der Waals surface area contributed by atoms with E-state index in [1.165, 1.54) is 0 Å². The van der Waals surface area contributed by atoms with E-state index >= 15 is 0 Å². The zero-order chi connectivity index (χ0) is 18.5. The number of carbonyl (C=O) groups is 2. The zero-order valence-corrected chi connectivity index (χ0v) is 15.3. The van der Waals surface area contributed by atoms with Gasteiger partial charge in [0.1, 0.15) is 12.6 Å². The van der Waals surface area contributed by atoms with Gasteiger partial charge >= 0.3 is 6.09 Å². The Hall–Kier alpha value is -2.93. The number of hydrogen-bond acceptors (Lipinski definition) is 5. The van der Waals surface area contributed by atoms with Crippen LogP contribution in [-0.2, 0) is 16.1 Å². The van der Waals surface area contributed by atoms with Crippen LogP contribution >= 0.6 is 11.3 Å². The highest BCUT2D eigenvalue weighted by atomic mass is 32.1. The number of rotatable bonds is 5. The Morgan fingerprint density at radius 1 is 1.19 bits per heavy atom. The van der Waals surface area contributed by atoms with Gasteiger partial charge in [-0.25, -0.2) is 9.78 Å². The topological polar surface area (TPSA) is 80.3 Å². The molecular formula is C19H19N3O3S. The Morgan fingerprint density at radius 2 is 1.96 bits per heavy atom. The van der Waals surface area contributed by atoms with Gasteiger partial charge in [-0.15, -0.1) is 11.3 Å². The summed E-state index contributed by atoms with van der Waals surface area (Å²) >= 11 is 1.56. The Kier molecular flexibility index (Phi) is 5.48. The molecule has 0 unspecified atom stereocenters. The third-order valence-corrected chi connectivity index (χ3v) is 4.64. The monoisotopic (exact) mass is 369 g/mol. The van der Waals surface area contributed by atoms with Crippen molar-refractivity contribution in [1.82, 2.24) is 10.3 Å². The molecule has 0 bridgehead atoms. The van der Waals surface area contributed by atoms with Crippen LogP contribution in [-0.4, -0.2) is 23.0 Å². The van der Waals surface area contributed by atoms with Crippen LogP contribution in [0.3, 0.4) is 0 Å². The lowest BCUT2D eigenvalue weighted by Gasteiger charge is -2.14. The minimum Gasteiger partial charge on any atom is -0.445 e. The number of hydrogen-bond donors (Lipinski definition) is 2. The molecule has 6 nitrogen and oxygen atoms in total. The third-order valence-electron chi connectivity index (χ3n) is 3.70. The number of nitrogens with zero attached hydrogens (tertiary/aromatic N) is 1. The summed E-state index contributed by atoms with van der Waals surface area (Å²) in [6.07, 6.45) is -0.634. The Balaban J connectivity index is 1.52. The van der Waals surface area contributed by atoms with Gasteiger partial charge < -0.3 is 15.4 Å². The quantitative estimate of drug-likeness (QED) is 0.716. The highest BCUT2D eigenvalue weighted by Crippen LogP contribution is 2.24. The van der Waals surface area contributed by atoms with E-state index in [1.807, 2.05) is 49.4 Å². The minimum absolute atomic E-state index is 0.155. The predicted molar refractivity (Wildman–Crippen MR) is 102 cm³/mol. The molecule has 1 heterocycles. The number of thiazole rings is 1. The highest BCUT2D eigenvalue weighted by Gasteiger charge is 2.17. The summed E-state index contributed by atoms with van der Waals surface area (Å²) in [4.78, 5) is 28.5. The summed E-state index contributed by atoms with van der Waals surface area (Å²) in [6, 6.07) is 14.2. The fourth-order valence-corrected chi connectivity index (χ4v) is 3.24. The molecule has 0 aliphatic rings. The fraction of sp³-hybridized carbons (Fsp3) is 0.211. The van der Waals surface area contributed by atoms with Crippen LogP contribution in [0.1, 0.15) is 17.5 Å². The molecule has 26 heavy (non-hydrogen) atoms. The number of carbonyl (C=O) groups excluding carboxylic acids is 2. The summed E-state index contributed by atoms with van der Waals surface area (Å²) in [7, 11) is 0. The van der Waals surface area contributed by atoms with E-state index in [9.17, 15) is 9.59 Å². The summed E-state index contributed by atoms with van der Waals surface area (Å²) in [6.45, 7) is 3.70. The van der Waals surface area contributed by atoms with E-state index < -0.39 is 12.1 Å². The van der Waals surface area contributed by atoms with Crippen molar-refractivity contribution in [2.75, 3.05) is 5.32 Å². The van der Waals surface area contributed by atoms with Crippen LogP contribution < -0.4 is 10.6 Å². The molecule has 134 valence electrons. The number of amides is 2. The molecule has 0 spiro atoms. The first-order valence-electron chi connectivity index (χ1n) is 8.16. The lowest BCUT2D eigenvalue weighted by Crippen LogP contribution is -2.41. The van der Waals surface area contributed by atoms with Crippen molar-refractivity contribution < 1.29 is 14.3 Å². The van der Waals surface area contributed by atoms with Crippen molar-refractivity contribution in [3.05, 3.63) is 59.1 Å². The molecule has 1 atom stereocenters. The van der Waals surface area contributed by atoms with Crippen LogP contribution in [0.4, 0.5) is 10.5 Å². The van der Waals surface area contributed by atoms with Crippen molar-refractivity contribution in [2.24, 2.45) is 0 Å². The first kappa shape index (κ1) is 17.9. The van der Waals surface area contributed by atoms with Gasteiger partial charge in [0, 0.05) is 5.69 Å². The van der Waals surface area contributed by atoms with Gasteiger partial charge in [-0.1, -0.05) is 30.3 Å². The van der Waals surface area contributed by atoms with E-state index in [0.717, 1.165) is 20.8 Å². The number of anilines is 1. The van der Waals surface area contributed by atoms with Gasteiger partial charge in [-0.3, -0.25) is 4.79 Å². The van der Waals surface area contributed by atoms with Crippen molar-refractivity contribution in [3.8, 4) is 0 Å². The van der Waals surface area contributed by atoms with E-state index in [-0.39, 0.29) is 12.5 Å². The van der Waals surface area contributed by atoms with Gasteiger partial charge in [0.2, 0.25) is 5.91 Å². The number of fused-ring (bicyclic) bond motifs is 1. The molecular weight excluding hydrogens is 350 g/mol. The summed E-state index contributed by atoms with van der Waals surface area (Å²) in [5.41, 5.74) is 2.45. The van der Waals surface area contributed by atoms with Gasteiger partial charge in [0.15, 0.2) is 0 Å². The number of benzene rings is 2. The van der Waals surface area contributed by atoms with Gasteiger partial charge in [0.05, 0.1) is 15.2 Å². The average molecular weight is 369 g/mol. The number of alkyl carbamates (subject to hydrolysis) is 1. The smallest absolute Gasteiger partial charge is 0.408 e. The second-order valence-electron chi connectivity index (χ2n) is 5.83. The van der Waals surface area contributed by atoms with Crippen molar-refractivity contribution in [3.63, 3.8) is 0 Å². The molecule has 7 heteroatoms. The van der Waals surface area contributed by atoms with Gasteiger partial charge in [-0.2, -0.15) is 0 Å². The maximum Gasteiger partial charge on any atom is 0.408 e. The summed E-state index contributed by atoms with van der Waals surface area (Å²) < 4.78 is 6.13. The maximum atomic E-state index is 12.3. The van der Waals surface area contributed by atoms with E-state index in [2.05, 4.69) is 15.6 Å². The number of nitrogens with one attached hydrogen (secondary N) is 2. The van der Waals surface area contributed by atoms with E-state index in [4.69, 9.17) is 4.74 Å². The molecule has 0 aliphatic heterocycles. The van der Waals surface area contributed by atoms with Gasteiger partial charge in [0.25, 0.3) is 0 Å². The summed E-state index contributed by atoms with van der Waals surface area (Å²) in [5.74, 6) is -0.317. The highest BCUT2D eigenvalue weighted by molar-refractivity contribution is 7.18. The first-order chi connectivity index (χ1) is 12.5. The van der Waals surface area contributed by atoms with Crippen molar-refractivity contribution in [2.45, 2.75) is 26.5 Å². The zero-order valence-electron chi connectivity index (χ0n) is 14.5. The van der Waals surface area contributed by atoms with Crippen LogP contribution in [0.2, 0.25) is 0 Å². The van der Waals surface area contributed by atoms with Crippen molar-refractivity contribution in [1.29, 1.82) is 0 Å². The summed E-state index contributed by atoms with van der Waals surface area (Å²) in [5, 5.41) is 6.29. The third kappa shape index (κ3) is 4.58. The number of aryl methyl sites for hydroxylation is 1. The second kappa shape index (κ2) is 7.97. The van der Waals surface area contributed by atoms with E-state index in [1.54, 1.807) is 24.3 Å². The second-order valence-corrected chi connectivity index (χ2v) is 7.07. The maximum absolute atomic E-state index is 12.3. The van der Waals surface area contributed by atoms with Crippen molar-refractivity contribution >= 4 is 39.2 Å². The molecule has 2 aromatic carbocycles. The Bertz CT molecular complexity index is 924. The standard InChI is InChI=1S/C19H19N3O3S/c1-12(20-19(24)25-11-14-6-4-3-5-7-14)18(23)22-15-8-9-16-17(10-15)26-13(2)21-16/h3-10,12H,11H2,1-2H3,(H,20,24)(H,22,23)/t12-/m0/s1. The molecule has 3 aromatic rings. The lowest BCUT2D eigenvalue weighted by atomic mass is 10.2. The molecule has 0 aliphatic carbocycles. The number of ether oxygens (including phenoxy) is 1. The van der Waals surface area contributed by atoms with Crippen LogP contribution in [0, 0.1) is 6.92 Å². The number of aromatic nitrogens is 1. The molecule has 0 saturated carbocycles. The Morgan fingerprint density at radius 3 is 2.73 bits per heavy atom. The fourth-order valence-electron chi connectivity index (χ4n) is 2.38. The largest absolute Gasteiger partial charge is 0.445 e. The van der Waals surface area contributed by atoms with Gasteiger partial charge in [-0.05, 0) is 37.6 Å². The predicted octanol–water partition coefficient (Wildman–Crippen LogP) is 3.86. The Labute approximate surface area is 155 Å². The average Bonchev–Trinajstić information content (AvgIpc) is 3.00. The lowest BCUT2D eigenvalue weighted by molar-refractivity contribution is -0.117.